The molecule has 1 rings (SSSR count). The van der Waals surface area contributed by atoms with E-state index in [1.54, 1.807) is 13.8 Å². The molecule has 110 valence electrons. The Morgan fingerprint density at radius 3 is 2.50 bits per heavy atom. The van der Waals surface area contributed by atoms with E-state index in [0.29, 0.717) is 17.0 Å². The number of nitrogens with two attached hydrogens (primary N) is 1. The van der Waals surface area contributed by atoms with E-state index in [9.17, 15) is 14.4 Å². The number of hydrazine groups is 1. The summed E-state index contributed by atoms with van der Waals surface area (Å²) in [4.78, 5) is 34.2. The summed E-state index contributed by atoms with van der Waals surface area (Å²) in [7, 11) is 0. The number of rotatable bonds is 4. The van der Waals surface area contributed by atoms with Gasteiger partial charge in [0.05, 0.1) is 17.9 Å². The van der Waals surface area contributed by atoms with Crippen molar-refractivity contribution in [3.8, 4) is 0 Å². The van der Waals surface area contributed by atoms with Crippen molar-refractivity contribution < 1.29 is 19.1 Å². The van der Waals surface area contributed by atoms with Crippen LogP contribution in [-0.4, -0.2) is 29.4 Å². The van der Waals surface area contributed by atoms with Gasteiger partial charge in [0.2, 0.25) is 0 Å². The van der Waals surface area contributed by atoms with Crippen LogP contribution in [-0.2, 0) is 14.3 Å². The number of hydrogen-bond donors (Lipinski definition) is 2. The molecule has 1 aliphatic heterocycles. The Morgan fingerprint density at radius 2 is 2.05 bits per heavy atom. The summed E-state index contributed by atoms with van der Waals surface area (Å²) in [5.41, 5.74) is 8.41. The first-order valence-electron chi connectivity index (χ1n) is 5.92. The quantitative estimate of drug-likeness (QED) is 0.599. The number of nitrogens with one attached hydrogen (secondary N) is 1. The van der Waals surface area contributed by atoms with Crippen LogP contribution in [0.15, 0.2) is 22.0 Å². The molecular weight excluding hydrogens is 286 g/mol. The number of ether oxygens (including phenoxy) is 1. The van der Waals surface area contributed by atoms with Crippen LogP contribution in [0.4, 0.5) is 4.79 Å². The summed E-state index contributed by atoms with van der Waals surface area (Å²) in [5, 5.41) is 1.16. The molecule has 0 fully saturated rings. The predicted octanol–water partition coefficient (Wildman–Crippen LogP) is 1.15. The summed E-state index contributed by atoms with van der Waals surface area (Å²) in [6.45, 7) is 4.79. The Kier molecular flexibility index (Phi) is 5.15. The maximum atomic E-state index is 11.8. The van der Waals surface area contributed by atoms with Crippen molar-refractivity contribution in [1.82, 2.24) is 10.4 Å². The highest BCUT2D eigenvalue weighted by Gasteiger charge is 2.32. The van der Waals surface area contributed by atoms with E-state index in [2.05, 4.69) is 5.43 Å². The average Bonchev–Trinajstić information content (AvgIpc) is 2.66. The smallest absolute Gasteiger partial charge is 0.336 e. The highest BCUT2D eigenvalue weighted by atomic mass is 35.5. The molecular formula is C12H16ClN3O4. The maximum Gasteiger partial charge on any atom is 0.336 e. The molecule has 0 saturated heterocycles. The lowest BCUT2D eigenvalue weighted by molar-refractivity contribution is -0.138. The van der Waals surface area contributed by atoms with Gasteiger partial charge in [-0.25, -0.2) is 15.0 Å². The number of halogens is 1. The molecule has 0 aliphatic carbocycles. The van der Waals surface area contributed by atoms with Crippen LogP contribution < -0.4 is 11.2 Å². The molecule has 2 amide bonds. The fourth-order valence-electron chi connectivity index (χ4n) is 1.79. The molecule has 0 saturated carbocycles. The Morgan fingerprint density at radius 1 is 1.45 bits per heavy atom. The number of carbonyl (C=O) groups excluding carboxylic acids is 3. The third-order valence-electron chi connectivity index (χ3n) is 2.69. The summed E-state index contributed by atoms with van der Waals surface area (Å²) in [5.74, 6) is -0.903. The molecule has 1 heterocycles. The highest BCUT2D eigenvalue weighted by molar-refractivity contribution is 6.42. The van der Waals surface area contributed by atoms with Gasteiger partial charge in [-0.05, 0) is 13.8 Å². The summed E-state index contributed by atoms with van der Waals surface area (Å²) in [6.07, 6.45) is 0.0867. The van der Waals surface area contributed by atoms with Crippen molar-refractivity contribution in [2.45, 2.75) is 27.2 Å². The zero-order valence-electron chi connectivity index (χ0n) is 11.4. The molecule has 0 bridgehead atoms. The minimum atomic E-state index is -0.833. The van der Waals surface area contributed by atoms with Crippen LogP contribution in [0.3, 0.4) is 0 Å². The SMILES string of the molecule is CCOC(=O)C1=C(C)N(NC(N)=O)/C(=C(/Cl)C(C)=O)C1. The van der Waals surface area contributed by atoms with Gasteiger partial charge in [-0.2, -0.15) is 0 Å². The van der Waals surface area contributed by atoms with E-state index >= 15 is 0 Å². The summed E-state index contributed by atoms with van der Waals surface area (Å²) < 4.78 is 4.92. The summed E-state index contributed by atoms with van der Waals surface area (Å²) in [6, 6.07) is -0.833. The number of urea groups is 1. The fourth-order valence-corrected chi connectivity index (χ4v) is 1.94. The topological polar surface area (TPSA) is 102 Å². The predicted molar refractivity (Wildman–Crippen MR) is 72.1 cm³/mol. The Labute approximate surface area is 121 Å². The first-order valence-corrected chi connectivity index (χ1v) is 6.30. The van der Waals surface area contributed by atoms with Gasteiger partial charge in [0.15, 0.2) is 5.78 Å². The fraction of sp³-hybridized carbons (Fsp3) is 0.417. The van der Waals surface area contributed by atoms with E-state index in [1.165, 1.54) is 11.9 Å². The summed E-state index contributed by atoms with van der Waals surface area (Å²) >= 11 is 5.93. The van der Waals surface area contributed by atoms with Crippen molar-refractivity contribution >= 4 is 29.4 Å². The number of nitrogens with zero attached hydrogens (tertiary/aromatic N) is 1. The Hall–Kier alpha value is -2.02. The number of Topliss-reactive ketones (excluding diaryl/α,β-unsaturated/α-hetero) is 1. The van der Waals surface area contributed by atoms with Crippen LogP contribution in [0.1, 0.15) is 27.2 Å². The zero-order chi connectivity index (χ0) is 15.4. The molecule has 0 spiro atoms. The lowest BCUT2D eigenvalue weighted by atomic mass is 10.1. The van der Waals surface area contributed by atoms with Crippen molar-refractivity contribution in [1.29, 1.82) is 0 Å². The third kappa shape index (κ3) is 3.30. The molecule has 1 aliphatic rings. The van der Waals surface area contributed by atoms with Crippen LogP contribution in [0.5, 0.6) is 0 Å². The van der Waals surface area contributed by atoms with E-state index < -0.39 is 12.0 Å². The molecule has 3 N–H and O–H groups in total. The Bertz CT molecular complexity index is 525. The van der Waals surface area contributed by atoms with Crippen molar-refractivity contribution in [3.63, 3.8) is 0 Å². The number of esters is 1. The standard InChI is InChI=1S/C12H16ClN3O4/c1-4-20-11(18)8-5-9(10(13)7(3)17)16(6(8)2)15-12(14)19/h4-5H2,1-3H3,(H3,14,15,19)/b10-9+. The molecule has 7 nitrogen and oxygen atoms in total. The number of allylic oxidation sites excluding steroid dienone is 3. The average molecular weight is 302 g/mol. The number of primary amides is 1. The number of carbonyl (C=O) groups is 3. The van der Waals surface area contributed by atoms with Gasteiger partial charge in [-0.1, -0.05) is 11.6 Å². The van der Waals surface area contributed by atoms with Gasteiger partial charge in [0, 0.05) is 19.0 Å². The van der Waals surface area contributed by atoms with Gasteiger partial charge in [-0.3, -0.25) is 9.80 Å². The normalized spacial score (nSPS) is 17.1. The second-order valence-electron chi connectivity index (χ2n) is 4.09. The lowest BCUT2D eigenvalue weighted by Gasteiger charge is -2.22. The monoisotopic (exact) mass is 301 g/mol. The van der Waals surface area contributed by atoms with Gasteiger partial charge in [0.1, 0.15) is 5.03 Å². The van der Waals surface area contributed by atoms with E-state index in [4.69, 9.17) is 22.1 Å². The van der Waals surface area contributed by atoms with Crippen molar-refractivity contribution in [2.24, 2.45) is 5.73 Å². The van der Waals surface area contributed by atoms with Crippen molar-refractivity contribution in [2.75, 3.05) is 6.61 Å². The molecule has 20 heavy (non-hydrogen) atoms. The molecule has 0 radical (unpaired) electrons. The molecule has 0 atom stereocenters. The molecule has 0 aromatic heterocycles. The largest absolute Gasteiger partial charge is 0.463 e. The second kappa shape index (κ2) is 6.42. The van der Waals surface area contributed by atoms with Gasteiger partial charge in [0.25, 0.3) is 0 Å². The zero-order valence-corrected chi connectivity index (χ0v) is 12.2. The minimum absolute atomic E-state index is 0.0719. The number of ketones is 1. The minimum Gasteiger partial charge on any atom is -0.463 e. The molecule has 0 unspecified atom stereocenters. The lowest BCUT2D eigenvalue weighted by Crippen LogP contribution is -2.42. The van der Waals surface area contributed by atoms with E-state index in [-0.39, 0.29) is 23.8 Å². The maximum absolute atomic E-state index is 11.8. The third-order valence-corrected chi connectivity index (χ3v) is 3.18. The Balaban J connectivity index is 3.21. The number of hydrogen-bond acceptors (Lipinski definition) is 5. The molecule has 0 aromatic rings. The van der Waals surface area contributed by atoms with Crippen LogP contribution in [0.25, 0.3) is 0 Å². The van der Waals surface area contributed by atoms with Gasteiger partial charge >= 0.3 is 12.0 Å². The highest BCUT2D eigenvalue weighted by Crippen LogP contribution is 2.33. The van der Waals surface area contributed by atoms with Crippen molar-refractivity contribution in [3.05, 3.63) is 22.0 Å². The van der Waals surface area contributed by atoms with Crippen LogP contribution >= 0.6 is 11.6 Å². The number of amides is 2. The first-order chi connectivity index (χ1) is 9.29. The first kappa shape index (κ1) is 16.0. The van der Waals surface area contributed by atoms with E-state index in [0.717, 1.165) is 0 Å². The van der Waals surface area contributed by atoms with Gasteiger partial charge in [-0.15, -0.1) is 0 Å². The van der Waals surface area contributed by atoms with Crippen LogP contribution in [0.2, 0.25) is 0 Å². The molecule has 8 heteroatoms. The van der Waals surface area contributed by atoms with Crippen LogP contribution in [0, 0.1) is 0 Å². The van der Waals surface area contributed by atoms with E-state index in [1.807, 2.05) is 0 Å². The second-order valence-corrected chi connectivity index (χ2v) is 4.47. The molecule has 0 aromatic carbocycles. The van der Waals surface area contributed by atoms with Gasteiger partial charge < -0.3 is 10.5 Å².